The SMILES string of the molecule is CCc1cccc(CC)c1N1CC(C(=O)Nc2nc3c(s2)CN(C(=O)CC(C)C)CC3)CC1=O. The number of aryl methyl sites for hydroxylation is 2. The van der Waals surface area contributed by atoms with Gasteiger partial charge in [0.25, 0.3) is 0 Å². The van der Waals surface area contributed by atoms with Gasteiger partial charge >= 0.3 is 0 Å². The predicted octanol–water partition coefficient (Wildman–Crippen LogP) is 4.19. The summed E-state index contributed by atoms with van der Waals surface area (Å²) >= 11 is 1.44. The molecule has 0 radical (unpaired) electrons. The van der Waals surface area contributed by atoms with Crippen LogP contribution in [0.25, 0.3) is 0 Å². The summed E-state index contributed by atoms with van der Waals surface area (Å²) < 4.78 is 0. The first-order valence-corrected chi connectivity index (χ1v) is 13.1. The molecule has 1 saturated heterocycles. The maximum atomic E-state index is 13.1. The molecular weight excluding hydrogens is 448 g/mol. The number of hydrogen-bond donors (Lipinski definition) is 1. The van der Waals surface area contributed by atoms with Gasteiger partial charge in [0, 0.05) is 42.9 Å². The number of benzene rings is 1. The van der Waals surface area contributed by atoms with Crippen LogP contribution in [-0.4, -0.2) is 40.7 Å². The van der Waals surface area contributed by atoms with Crippen molar-refractivity contribution in [3.8, 4) is 0 Å². The van der Waals surface area contributed by atoms with Crippen molar-refractivity contribution >= 4 is 39.9 Å². The van der Waals surface area contributed by atoms with Crippen molar-refractivity contribution in [3.05, 3.63) is 39.9 Å². The highest BCUT2D eigenvalue weighted by atomic mass is 32.1. The average Bonchev–Trinajstić information content (AvgIpc) is 3.39. The van der Waals surface area contributed by atoms with Gasteiger partial charge in [0.2, 0.25) is 17.7 Å². The van der Waals surface area contributed by atoms with Gasteiger partial charge in [0.1, 0.15) is 0 Å². The second-order valence-electron chi connectivity index (χ2n) is 9.58. The lowest BCUT2D eigenvalue weighted by molar-refractivity contribution is -0.132. The summed E-state index contributed by atoms with van der Waals surface area (Å²) in [4.78, 5) is 47.8. The van der Waals surface area contributed by atoms with Crippen LogP contribution in [0.5, 0.6) is 0 Å². The molecule has 0 saturated carbocycles. The van der Waals surface area contributed by atoms with Crippen molar-refractivity contribution < 1.29 is 14.4 Å². The molecule has 1 unspecified atom stereocenters. The van der Waals surface area contributed by atoms with E-state index in [2.05, 4.69) is 36.3 Å². The number of aromatic nitrogens is 1. The summed E-state index contributed by atoms with van der Waals surface area (Å²) in [7, 11) is 0. The van der Waals surface area contributed by atoms with Gasteiger partial charge in [-0.15, -0.1) is 0 Å². The Morgan fingerprint density at radius 2 is 1.91 bits per heavy atom. The Bertz CT molecular complexity index is 1070. The Morgan fingerprint density at radius 1 is 1.21 bits per heavy atom. The second kappa shape index (κ2) is 10.3. The van der Waals surface area contributed by atoms with Gasteiger partial charge in [0.15, 0.2) is 5.13 Å². The third-order valence-corrected chi connectivity index (χ3v) is 7.63. The lowest BCUT2D eigenvalue weighted by Gasteiger charge is -2.26. The van der Waals surface area contributed by atoms with Crippen molar-refractivity contribution in [2.45, 2.75) is 66.3 Å². The Labute approximate surface area is 205 Å². The van der Waals surface area contributed by atoms with Crippen molar-refractivity contribution in [2.24, 2.45) is 11.8 Å². The van der Waals surface area contributed by atoms with Crippen LogP contribution in [-0.2, 0) is 40.2 Å². The lowest BCUT2D eigenvalue weighted by atomic mass is 10.0. The van der Waals surface area contributed by atoms with Crippen LogP contribution in [0.4, 0.5) is 10.8 Å². The van der Waals surface area contributed by atoms with E-state index in [-0.39, 0.29) is 24.1 Å². The number of carbonyl (C=O) groups is 3. The van der Waals surface area contributed by atoms with Crippen molar-refractivity contribution in [1.82, 2.24) is 9.88 Å². The zero-order chi connectivity index (χ0) is 24.4. The summed E-state index contributed by atoms with van der Waals surface area (Å²) in [6.07, 6.45) is 3.13. The zero-order valence-corrected chi connectivity index (χ0v) is 21.3. The van der Waals surface area contributed by atoms with E-state index in [1.807, 2.05) is 24.8 Å². The summed E-state index contributed by atoms with van der Waals surface area (Å²) in [5, 5.41) is 3.51. The van der Waals surface area contributed by atoms with Crippen LogP contribution in [0.15, 0.2) is 18.2 Å². The second-order valence-corrected chi connectivity index (χ2v) is 10.7. The molecule has 1 N–H and O–H groups in total. The Hall–Kier alpha value is -2.74. The van der Waals surface area contributed by atoms with E-state index in [1.54, 1.807) is 4.90 Å². The van der Waals surface area contributed by atoms with Crippen LogP contribution in [0.2, 0.25) is 0 Å². The van der Waals surface area contributed by atoms with Crippen molar-refractivity contribution in [3.63, 3.8) is 0 Å². The van der Waals surface area contributed by atoms with Gasteiger partial charge in [0.05, 0.1) is 18.2 Å². The first kappa shape index (κ1) is 24.4. The summed E-state index contributed by atoms with van der Waals surface area (Å²) in [5.41, 5.74) is 4.21. The van der Waals surface area contributed by atoms with E-state index < -0.39 is 5.92 Å². The van der Waals surface area contributed by atoms with Gasteiger partial charge < -0.3 is 15.1 Å². The molecule has 0 aliphatic carbocycles. The fraction of sp³-hybridized carbons (Fsp3) is 0.538. The third kappa shape index (κ3) is 5.02. The highest BCUT2D eigenvalue weighted by molar-refractivity contribution is 7.15. The van der Waals surface area contributed by atoms with E-state index >= 15 is 0 Å². The molecule has 1 aromatic carbocycles. The molecule has 8 heteroatoms. The maximum absolute atomic E-state index is 13.1. The number of rotatable bonds is 7. The molecule has 34 heavy (non-hydrogen) atoms. The molecule has 0 bridgehead atoms. The third-order valence-electron chi connectivity index (χ3n) is 6.63. The fourth-order valence-corrected chi connectivity index (χ4v) is 5.84. The number of amides is 3. The number of carbonyl (C=O) groups excluding carboxylic acids is 3. The van der Waals surface area contributed by atoms with Crippen LogP contribution < -0.4 is 10.2 Å². The smallest absolute Gasteiger partial charge is 0.231 e. The molecule has 1 aromatic heterocycles. The largest absolute Gasteiger partial charge is 0.337 e. The van der Waals surface area contributed by atoms with E-state index in [0.717, 1.165) is 40.2 Å². The topological polar surface area (TPSA) is 82.6 Å². The molecule has 2 aliphatic heterocycles. The maximum Gasteiger partial charge on any atom is 0.231 e. The van der Waals surface area contributed by atoms with E-state index in [4.69, 9.17) is 0 Å². The monoisotopic (exact) mass is 482 g/mol. The number of anilines is 2. The van der Waals surface area contributed by atoms with Gasteiger partial charge in [-0.1, -0.05) is 57.2 Å². The molecule has 3 heterocycles. The average molecular weight is 483 g/mol. The van der Waals surface area contributed by atoms with Gasteiger partial charge in [-0.25, -0.2) is 4.98 Å². The van der Waals surface area contributed by atoms with Gasteiger partial charge in [-0.2, -0.15) is 0 Å². The number of thiazole rings is 1. The van der Waals surface area contributed by atoms with E-state index in [1.165, 1.54) is 11.3 Å². The van der Waals surface area contributed by atoms with Gasteiger partial charge in [-0.05, 0) is 29.9 Å². The van der Waals surface area contributed by atoms with Crippen LogP contribution >= 0.6 is 11.3 Å². The summed E-state index contributed by atoms with van der Waals surface area (Å²) in [5.74, 6) is -0.0815. The summed E-state index contributed by atoms with van der Waals surface area (Å²) in [6, 6.07) is 6.16. The zero-order valence-electron chi connectivity index (χ0n) is 20.5. The van der Waals surface area contributed by atoms with Crippen molar-refractivity contribution in [2.75, 3.05) is 23.3 Å². The molecule has 1 atom stereocenters. The molecule has 2 aromatic rings. The number of nitrogens with zero attached hydrogens (tertiary/aromatic N) is 3. The molecule has 0 spiro atoms. The minimum absolute atomic E-state index is 0.00603. The van der Waals surface area contributed by atoms with Gasteiger partial charge in [-0.3, -0.25) is 14.4 Å². The minimum Gasteiger partial charge on any atom is -0.337 e. The lowest BCUT2D eigenvalue weighted by Crippen LogP contribution is -2.36. The fourth-order valence-electron chi connectivity index (χ4n) is 4.81. The van der Waals surface area contributed by atoms with Crippen LogP contribution in [0.3, 0.4) is 0 Å². The summed E-state index contributed by atoms with van der Waals surface area (Å²) in [6.45, 7) is 9.88. The number of hydrogen-bond acceptors (Lipinski definition) is 5. The standard InChI is InChI=1S/C26H34N4O3S/c1-5-17-8-7-9-18(6-2)24(17)30-14-19(13-23(30)32)25(33)28-26-27-20-10-11-29(15-21(20)34-26)22(31)12-16(3)4/h7-9,16,19H,5-6,10-15H2,1-4H3,(H,27,28,33). The highest BCUT2D eigenvalue weighted by Gasteiger charge is 2.37. The van der Waals surface area contributed by atoms with Crippen molar-refractivity contribution in [1.29, 1.82) is 0 Å². The normalized spacial score (nSPS) is 17.9. The van der Waals surface area contributed by atoms with E-state index in [9.17, 15) is 14.4 Å². The quantitative estimate of drug-likeness (QED) is 0.642. The number of nitrogens with one attached hydrogen (secondary N) is 1. The van der Waals surface area contributed by atoms with Crippen LogP contribution in [0.1, 0.15) is 62.2 Å². The minimum atomic E-state index is -0.410. The molecule has 1 fully saturated rings. The Morgan fingerprint density at radius 3 is 2.56 bits per heavy atom. The number of fused-ring (bicyclic) bond motifs is 1. The molecule has 4 rings (SSSR count). The molecule has 3 amide bonds. The van der Waals surface area contributed by atoms with Crippen LogP contribution in [0, 0.1) is 11.8 Å². The molecule has 182 valence electrons. The Balaban J connectivity index is 1.43. The molecule has 7 nitrogen and oxygen atoms in total. The predicted molar refractivity (Wildman–Crippen MR) is 135 cm³/mol. The number of para-hydroxylation sites is 1. The first-order chi connectivity index (χ1) is 16.3. The molecule has 2 aliphatic rings. The molecular formula is C26H34N4O3S. The van der Waals surface area contributed by atoms with E-state index in [0.29, 0.717) is 43.5 Å². The highest BCUT2D eigenvalue weighted by Crippen LogP contribution is 2.34. The Kier molecular flexibility index (Phi) is 7.36. The first-order valence-electron chi connectivity index (χ1n) is 12.3.